The number of rotatable bonds is 4. The Morgan fingerprint density at radius 2 is 1.81 bits per heavy atom. The number of piperidine rings is 1. The third-order valence-corrected chi connectivity index (χ3v) is 6.42. The monoisotopic (exact) mass is 438 g/mol. The van der Waals surface area contributed by atoms with E-state index in [9.17, 15) is 14.4 Å². The van der Waals surface area contributed by atoms with Crippen molar-refractivity contribution in [2.45, 2.75) is 58.3 Å². The lowest BCUT2D eigenvalue weighted by Gasteiger charge is -2.37. The summed E-state index contributed by atoms with van der Waals surface area (Å²) in [5, 5.41) is 3.37. The fourth-order valence-corrected chi connectivity index (χ4v) is 4.97. The Kier molecular flexibility index (Phi) is 6.35. The maximum Gasteiger partial charge on any atom is 0.308 e. The molecule has 1 unspecified atom stereocenters. The smallest absolute Gasteiger partial charge is 0.308 e. The molecule has 0 aromatic heterocycles. The van der Waals surface area contributed by atoms with Crippen LogP contribution in [0, 0.1) is 0 Å². The number of hydrogen-bond donors (Lipinski definition) is 1. The van der Waals surface area contributed by atoms with Crippen LogP contribution < -0.4 is 14.8 Å². The summed E-state index contributed by atoms with van der Waals surface area (Å²) < 4.78 is 10.7. The molecule has 0 bridgehead atoms. The molecule has 7 heteroatoms. The summed E-state index contributed by atoms with van der Waals surface area (Å²) in [6.07, 6.45) is 5.18. The number of nitrogens with one attached hydrogen (secondary N) is 1. The normalized spacial score (nSPS) is 21.2. The van der Waals surface area contributed by atoms with Crippen molar-refractivity contribution in [3.63, 3.8) is 0 Å². The Hall–Kier alpha value is -3.09. The highest BCUT2D eigenvalue weighted by Gasteiger charge is 2.40. The molecule has 1 aromatic carbocycles. The number of esters is 1. The average Bonchev–Trinajstić information content (AvgIpc) is 2.78. The first-order chi connectivity index (χ1) is 15.4. The van der Waals surface area contributed by atoms with E-state index in [0.29, 0.717) is 29.1 Å². The molecule has 1 saturated heterocycles. The third-order valence-electron chi connectivity index (χ3n) is 6.42. The molecule has 0 saturated carbocycles. The van der Waals surface area contributed by atoms with Gasteiger partial charge in [-0.25, -0.2) is 0 Å². The molecule has 2 aliphatic heterocycles. The summed E-state index contributed by atoms with van der Waals surface area (Å²) in [6.45, 7) is 4.71. The molecule has 1 aromatic rings. The molecule has 7 nitrogen and oxygen atoms in total. The van der Waals surface area contributed by atoms with Crippen molar-refractivity contribution < 1.29 is 23.9 Å². The molecule has 1 N–H and O–H groups in total. The van der Waals surface area contributed by atoms with Crippen LogP contribution >= 0.6 is 0 Å². The third kappa shape index (κ3) is 4.16. The van der Waals surface area contributed by atoms with Gasteiger partial charge in [-0.1, -0.05) is 6.07 Å². The van der Waals surface area contributed by atoms with Crippen molar-refractivity contribution in [3.8, 4) is 11.5 Å². The average molecular weight is 439 g/mol. The molecule has 0 spiro atoms. The quantitative estimate of drug-likeness (QED) is 0.571. The Labute approximate surface area is 188 Å². The van der Waals surface area contributed by atoms with E-state index in [1.54, 1.807) is 12.1 Å². The molecular formula is C25H30N2O5. The Bertz CT molecular complexity index is 1020. The highest BCUT2D eigenvalue weighted by Crippen LogP contribution is 2.44. The number of dihydropyridines is 1. The van der Waals surface area contributed by atoms with Crippen LogP contribution in [0.5, 0.6) is 11.5 Å². The predicted octanol–water partition coefficient (Wildman–Crippen LogP) is 3.60. The summed E-state index contributed by atoms with van der Waals surface area (Å²) >= 11 is 0. The van der Waals surface area contributed by atoms with Crippen LogP contribution in [0.3, 0.4) is 0 Å². The molecular weight excluding hydrogens is 408 g/mol. The summed E-state index contributed by atoms with van der Waals surface area (Å²) in [5.41, 5.74) is 3.76. The Morgan fingerprint density at radius 1 is 1.06 bits per heavy atom. The van der Waals surface area contributed by atoms with Crippen molar-refractivity contribution in [2.75, 3.05) is 20.2 Å². The van der Waals surface area contributed by atoms with E-state index < -0.39 is 11.9 Å². The van der Waals surface area contributed by atoms with Crippen LogP contribution in [-0.2, 0) is 14.4 Å². The number of allylic oxidation sites excluding steroid dienone is 3. The molecule has 1 amide bonds. The second-order valence-electron chi connectivity index (χ2n) is 8.62. The number of ketones is 1. The van der Waals surface area contributed by atoms with Gasteiger partial charge in [0.05, 0.1) is 7.11 Å². The largest absolute Gasteiger partial charge is 0.493 e. The van der Waals surface area contributed by atoms with E-state index in [2.05, 4.69) is 5.32 Å². The minimum atomic E-state index is -0.478. The lowest BCUT2D eigenvalue weighted by atomic mass is 9.74. The van der Waals surface area contributed by atoms with Crippen LogP contribution in [0.4, 0.5) is 0 Å². The lowest BCUT2D eigenvalue weighted by molar-refractivity contribution is -0.132. The van der Waals surface area contributed by atoms with Crippen LogP contribution in [0.1, 0.15) is 63.9 Å². The van der Waals surface area contributed by atoms with Crippen LogP contribution in [0.15, 0.2) is 40.7 Å². The van der Waals surface area contributed by atoms with Crippen molar-refractivity contribution >= 4 is 17.7 Å². The second kappa shape index (κ2) is 9.18. The maximum atomic E-state index is 13.7. The van der Waals surface area contributed by atoms with Gasteiger partial charge < -0.3 is 19.7 Å². The molecule has 170 valence electrons. The molecule has 4 rings (SSSR count). The standard InChI is InChI=1S/C25H30N2O5/c1-15-22(25(30)27-12-5-4-6-13-27)23(24-18(26-15)8-7-9-19(24)29)17-10-11-20(32-16(2)28)21(14-17)31-3/h10-11,14,23,26H,4-9,12-13H2,1-3H3. The SMILES string of the molecule is COc1cc(C2C(C(=O)N3CCCCC3)=C(C)NC3=C2C(=O)CCC3)ccc1OC(C)=O. The molecule has 2 heterocycles. The number of Topliss-reactive ketones (excluding diaryl/α,β-unsaturated/α-hetero) is 1. The van der Waals surface area contributed by atoms with E-state index in [4.69, 9.17) is 9.47 Å². The predicted molar refractivity (Wildman–Crippen MR) is 119 cm³/mol. The summed E-state index contributed by atoms with van der Waals surface area (Å²) in [5.74, 6) is -0.165. The molecule has 3 aliphatic rings. The molecule has 32 heavy (non-hydrogen) atoms. The summed E-state index contributed by atoms with van der Waals surface area (Å²) in [4.78, 5) is 40.1. The van der Waals surface area contributed by atoms with Gasteiger partial charge in [0.2, 0.25) is 0 Å². The van der Waals surface area contributed by atoms with Crippen molar-refractivity contribution in [3.05, 3.63) is 46.3 Å². The van der Waals surface area contributed by atoms with Crippen molar-refractivity contribution in [2.24, 2.45) is 0 Å². The maximum absolute atomic E-state index is 13.7. The van der Waals surface area contributed by atoms with Crippen molar-refractivity contribution in [1.82, 2.24) is 10.2 Å². The minimum Gasteiger partial charge on any atom is -0.493 e. The fourth-order valence-electron chi connectivity index (χ4n) is 4.97. The van der Waals surface area contributed by atoms with E-state index in [1.807, 2.05) is 17.9 Å². The van der Waals surface area contributed by atoms with Gasteiger partial charge in [-0.15, -0.1) is 0 Å². The van der Waals surface area contributed by atoms with Gasteiger partial charge in [-0.3, -0.25) is 14.4 Å². The Balaban J connectivity index is 1.82. The van der Waals surface area contributed by atoms with E-state index in [0.717, 1.165) is 62.2 Å². The fraction of sp³-hybridized carbons (Fsp3) is 0.480. The van der Waals surface area contributed by atoms with E-state index in [1.165, 1.54) is 14.0 Å². The summed E-state index contributed by atoms with van der Waals surface area (Å²) in [6, 6.07) is 5.26. The van der Waals surface area contributed by atoms with Gasteiger partial charge in [0.15, 0.2) is 17.3 Å². The zero-order chi connectivity index (χ0) is 22.8. The number of amides is 1. The first-order valence-electron chi connectivity index (χ1n) is 11.3. The number of nitrogens with zero attached hydrogens (tertiary/aromatic N) is 1. The number of carbonyl (C=O) groups is 3. The zero-order valence-electron chi connectivity index (χ0n) is 19.0. The zero-order valence-corrected chi connectivity index (χ0v) is 19.0. The molecule has 1 atom stereocenters. The van der Waals surface area contributed by atoms with Gasteiger partial charge in [0.25, 0.3) is 5.91 Å². The van der Waals surface area contributed by atoms with Gasteiger partial charge in [-0.2, -0.15) is 0 Å². The first-order valence-corrected chi connectivity index (χ1v) is 11.3. The van der Waals surface area contributed by atoms with Gasteiger partial charge in [-0.05, 0) is 56.7 Å². The highest BCUT2D eigenvalue weighted by molar-refractivity contribution is 6.05. The van der Waals surface area contributed by atoms with E-state index in [-0.39, 0.29) is 11.7 Å². The van der Waals surface area contributed by atoms with Crippen LogP contribution in [0.25, 0.3) is 0 Å². The topological polar surface area (TPSA) is 84.9 Å². The van der Waals surface area contributed by atoms with Gasteiger partial charge in [0, 0.05) is 54.9 Å². The first kappa shape index (κ1) is 22.1. The number of carbonyl (C=O) groups excluding carboxylic acids is 3. The number of likely N-dealkylation sites (tertiary alicyclic amines) is 1. The molecule has 0 radical (unpaired) electrons. The molecule has 1 aliphatic carbocycles. The molecule has 1 fully saturated rings. The van der Waals surface area contributed by atoms with Crippen LogP contribution in [0.2, 0.25) is 0 Å². The second-order valence-corrected chi connectivity index (χ2v) is 8.62. The number of methoxy groups -OCH3 is 1. The summed E-state index contributed by atoms with van der Waals surface area (Å²) in [7, 11) is 1.51. The number of hydrogen-bond acceptors (Lipinski definition) is 6. The van der Waals surface area contributed by atoms with Crippen LogP contribution in [-0.4, -0.2) is 42.8 Å². The van der Waals surface area contributed by atoms with E-state index >= 15 is 0 Å². The number of ether oxygens (including phenoxy) is 2. The van der Waals surface area contributed by atoms with Crippen molar-refractivity contribution in [1.29, 1.82) is 0 Å². The number of benzene rings is 1. The van der Waals surface area contributed by atoms with Gasteiger partial charge in [0.1, 0.15) is 0 Å². The lowest BCUT2D eigenvalue weighted by Crippen LogP contribution is -2.42. The van der Waals surface area contributed by atoms with Gasteiger partial charge >= 0.3 is 5.97 Å². The highest BCUT2D eigenvalue weighted by atomic mass is 16.6. The minimum absolute atomic E-state index is 0.0207. The Morgan fingerprint density at radius 3 is 2.50 bits per heavy atom.